The summed E-state index contributed by atoms with van der Waals surface area (Å²) in [7, 11) is 1.51. The molecule has 0 spiro atoms. The SMILES string of the molecule is COc1cc(Cl)cc(C=O)c1OC/C=C/c1ccccc1. The smallest absolute Gasteiger partial charge is 0.172 e. The lowest BCUT2D eigenvalue weighted by atomic mass is 10.2. The number of carbonyl (C=O) groups excluding carboxylic acids is 1. The van der Waals surface area contributed by atoms with E-state index in [1.807, 2.05) is 42.5 Å². The molecule has 0 aromatic heterocycles. The molecular formula is C17H15ClO3. The molecule has 4 heteroatoms. The number of rotatable bonds is 6. The van der Waals surface area contributed by atoms with Gasteiger partial charge in [0.25, 0.3) is 0 Å². The van der Waals surface area contributed by atoms with Crippen molar-refractivity contribution in [3.05, 3.63) is 64.7 Å². The fraction of sp³-hybridized carbons (Fsp3) is 0.118. The Hall–Kier alpha value is -2.26. The van der Waals surface area contributed by atoms with Crippen molar-refractivity contribution < 1.29 is 14.3 Å². The molecule has 2 aromatic rings. The maximum Gasteiger partial charge on any atom is 0.172 e. The van der Waals surface area contributed by atoms with Gasteiger partial charge in [0.1, 0.15) is 6.61 Å². The highest BCUT2D eigenvalue weighted by Gasteiger charge is 2.11. The van der Waals surface area contributed by atoms with Crippen molar-refractivity contribution in [2.24, 2.45) is 0 Å². The molecular weight excluding hydrogens is 288 g/mol. The first-order valence-corrected chi connectivity index (χ1v) is 6.79. The third-order valence-electron chi connectivity index (χ3n) is 2.83. The first kappa shape index (κ1) is 15.1. The molecule has 0 aliphatic heterocycles. The number of benzene rings is 2. The molecule has 0 atom stereocenters. The Morgan fingerprint density at radius 1 is 1.19 bits per heavy atom. The third-order valence-corrected chi connectivity index (χ3v) is 3.05. The van der Waals surface area contributed by atoms with E-state index in [2.05, 4.69) is 0 Å². The van der Waals surface area contributed by atoms with Crippen LogP contribution in [0.4, 0.5) is 0 Å². The molecule has 108 valence electrons. The van der Waals surface area contributed by atoms with E-state index in [4.69, 9.17) is 21.1 Å². The zero-order valence-corrected chi connectivity index (χ0v) is 12.3. The Balaban J connectivity index is 2.09. The molecule has 0 amide bonds. The van der Waals surface area contributed by atoms with E-state index in [1.165, 1.54) is 7.11 Å². The Kier molecular flexibility index (Phi) is 5.41. The topological polar surface area (TPSA) is 35.5 Å². The van der Waals surface area contributed by atoms with Crippen LogP contribution in [-0.2, 0) is 0 Å². The van der Waals surface area contributed by atoms with Crippen molar-refractivity contribution in [1.29, 1.82) is 0 Å². The molecule has 0 N–H and O–H groups in total. The van der Waals surface area contributed by atoms with Gasteiger partial charge >= 0.3 is 0 Å². The lowest BCUT2D eigenvalue weighted by Gasteiger charge is -2.11. The number of aldehydes is 1. The summed E-state index contributed by atoms with van der Waals surface area (Å²) in [4.78, 5) is 11.1. The molecule has 0 saturated carbocycles. The van der Waals surface area contributed by atoms with Crippen LogP contribution in [0.25, 0.3) is 6.08 Å². The number of hydrogen-bond acceptors (Lipinski definition) is 3. The molecule has 0 unspecified atom stereocenters. The summed E-state index contributed by atoms with van der Waals surface area (Å²) in [5.41, 5.74) is 1.45. The highest BCUT2D eigenvalue weighted by Crippen LogP contribution is 2.33. The van der Waals surface area contributed by atoms with Gasteiger partial charge in [0.2, 0.25) is 0 Å². The number of halogens is 1. The second kappa shape index (κ2) is 7.50. The zero-order chi connectivity index (χ0) is 15.1. The lowest BCUT2D eigenvalue weighted by molar-refractivity contribution is 0.111. The van der Waals surface area contributed by atoms with Gasteiger partial charge in [-0.2, -0.15) is 0 Å². The molecule has 2 aromatic carbocycles. The van der Waals surface area contributed by atoms with Gasteiger partial charge in [0.15, 0.2) is 17.8 Å². The van der Waals surface area contributed by atoms with Crippen LogP contribution >= 0.6 is 11.6 Å². The molecule has 0 aliphatic carbocycles. The maximum atomic E-state index is 11.1. The average molecular weight is 303 g/mol. The minimum absolute atomic E-state index is 0.327. The van der Waals surface area contributed by atoms with E-state index in [-0.39, 0.29) is 0 Å². The van der Waals surface area contributed by atoms with E-state index in [0.29, 0.717) is 35.0 Å². The van der Waals surface area contributed by atoms with Crippen LogP contribution in [0.3, 0.4) is 0 Å². The van der Waals surface area contributed by atoms with Gasteiger partial charge in [0, 0.05) is 11.1 Å². The predicted octanol–water partition coefficient (Wildman–Crippen LogP) is 4.25. The van der Waals surface area contributed by atoms with Gasteiger partial charge in [-0.05, 0) is 17.7 Å². The van der Waals surface area contributed by atoms with Crippen molar-refractivity contribution in [2.75, 3.05) is 13.7 Å². The fourth-order valence-corrected chi connectivity index (χ4v) is 2.08. The van der Waals surface area contributed by atoms with Crippen molar-refractivity contribution in [3.8, 4) is 11.5 Å². The molecule has 0 radical (unpaired) electrons. The minimum Gasteiger partial charge on any atom is -0.493 e. The van der Waals surface area contributed by atoms with Crippen LogP contribution in [0.5, 0.6) is 11.5 Å². The maximum absolute atomic E-state index is 11.1. The van der Waals surface area contributed by atoms with Gasteiger partial charge in [-0.1, -0.05) is 48.0 Å². The first-order valence-electron chi connectivity index (χ1n) is 6.41. The van der Waals surface area contributed by atoms with Gasteiger partial charge in [-0.25, -0.2) is 0 Å². The summed E-state index contributed by atoms with van der Waals surface area (Å²) < 4.78 is 10.8. The van der Waals surface area contributed by atoms with Crippen molar-refractivity contribution in [3.63, 3.8) is 0 Å². The van der Waals surface area contributed by atoms with Gasteiger partial charge in [-0.3, -0.25) is 4.79 Å². The summed E-state index contributed by atoms with van der Waals surface area (Å²) in [6.45, 7) is 0.327. The summed E-state index contributed by atoms with van der Waals surface area (Å²) in [6.07, 6.45) is 4.52. The van der Waals surface area contributed by atoms with E-state index in [1.54, 1.807) is 12.1 Å². The summed E-state index contributed by atoms with van der Waals surface area (Å²) >= 11 is 5.91. The Morgan fingerprint density at radius 3 is 2.62 bits per heavy atom. The number of hydrogen-bond donors (Lipinski definition) is 0. The molecule has 0 saturated heterocycles. The molecule has 0 fully saturated rings. The molecule has 3 nitrogen and oxygen atoms in total. The predicted molar refractivity (Wildman–Crippen MR) is 84.4 cm³/mol. The molecule has 21 heavy (non-hydrogen) atoms. The van der Waals surface area contributed by atoms with Crippen LogP contribution in [-0.4, -0.2) is 20.0 Å². The van der Waals surface area contributed by atoms with Crippen LogP contribution in [0, 0.1) is 0 Å². The summed E-state index contributed by atoms with van der Waals surface area (Å²) in [6, 6.07) is 13.0. The molecule has 2 rings (SSSR count). The van der Waals surface area contributed by atoms with Crippen LogP contribution < -0.4 is 9.47 Å². The highest BCUT2D eigenvalue weighted by atomic mass is 35.5. The lowest BCUT2D eigenvalue weighted by Crippen LogP contribution is -2.00. The summed E-state index contributed by atoms with van der Waals surface area (Å²) in [5, 5.41) is 0.432. The van der Waals surface area contributed by atoms with Crippen molar-refractivity contribution in [1.82, 2.24) is 0 Å². The van der Waals surface area contributed by atoms with Crippen LogP contribution in [0.2, 0.25) is 5.02 Å². The van der Waals surface area contributed by atoms with E-state index < -0.39 is 0 Å². The Labute approximate surface area is 128 Å². The number of methoxy groups -OCH3 is 1. The van der Waals surface area contributed by atoms with E-state index in [9.17, 15) is 4.79 Å². The number of ether oxygens (including phenoxy) is 2. The number of carbonyl (C=O) groups is 1. The van der Waals surface area contributed by atoms with E-state index >= 15 is 0 Å². The first-order chi connectivity index (χ1) is 10.2. The molecule has 0 aliphatic rings. The van der Waals surface area contributed by atoms with Gasteiger partial charge < -0.3 is 9.47 Å². The van der Waals surface area contributed by atoms with Crippen molar-refractivity contribution >= 4 is 24.0 Å². The third kappa shape index (κ3) is 4.10. The molecule has 0 bridgehead atoms. The normalized spacial score (nSPS) is 10.6. The summed E-state index contributed by atoms with van der Waals surface area (Å²) in [5.74, 6) is 0.840. The standard InChI is InChI=1S/C17H15ClO3/c1-20-16-11-15(18)10-14(12-19)17(16)21-9-5-8-13-6-3-2-4-7-13/h2-8,10-12H,9H2,1H3/b8-5+. The minimum atomic E-state index is 0.327. The largest absolute Gasteiger partial charge is 0.493 e. The van der Waals surface area contributed by atoms with Gasteiger partial charge in [-0.15, -0.1) is 0 Å². The Morgan fingerprint density at radius 2 is 1.95 bits per heavy atom. The van der Waals surface area contributed by atoms with Crippen molar-refractivity contribution in [2.45, 2.75) is 0 Å². The zero-order valence-electron chi connectivity index (χ0n) is 11.6. The Bertz CT molecular complexity index is 636. The second-order valence-electron chi connectivity index (χ2n) is 4.27. The molecule has 0 heterocycles. The van der Waals surface area contributed by atoms with Crippen LogP contribution in [0.15, 0.2) is 48.5 Å². The fourth-order valence-electron chi connectivity index (χ4n) is 1.86. The van der Waals surface area contributed by atoms with Gasteiger partial charge in [0.05, 0.1) is 12.7 Å². The monoisotopic (exact) mass is 302 g/mol. The quantitative estimate of drug-likeness (QED) is 0.748. The second-order valence-corrected chi connectivity index (χ2v) is 4.70. The van der Waals surface area contributed by atoms with E-state index in [0.717, 1.165) is 5.56 Å². The highest BCUT2D eigenvalue weighted by molar-refractivity contribution is 6.31. The average Bonchev–Trinajstić information content (AvgIpc) is 2.52. The van der Waals surface area contributed by atoms with Crippen LogP contribution in [0.1, 0.15) is 15.9 Å².